The van der Waals surface area contributed by atoms with Gasteiger partial charge in [-0.2, -0.15) is 0 Å². The molecule has 2 aromatic rings. The van der Waals surface area contributed by atoms with Gasteiger partial charge in [0.1, 0.15) is 11.5 Å². The van der Waals surface area contributed by atoms with Gasteiger partial charge in [-0.3, -0.25) is 4.79 Å². The highest BCUT2D eigenvalue weighted by Crippen LogP contribution is 2.12. The minimum atomic E-state index is -0.232. The fraction of sp³-hybridized carbons (Fsp3) is 0.375. The molecule has 0 fully saturated rings. The lowest BCUT2D eigenvalue weighted by Crippen LogP contribution is -2.23. The number of carbonyl (C=O) groups excluding carboxylic acids is 1. The Bertz CT molecular complexity index is 588. The lowest BCUT2D eigenvalue weighted by Gasteiger charge is -2.04. The number of carbonyl (C=O) groups is 1. The zero-order chi connectivity index (χ0) is 15.2. The van der Waals surface area contributed by atoms with E-state index in [2.05, 4.69) is 24.3 Å². The van der Waals surface area contributed by atoms with Crippen molar-refractivity contribution in [3.63, 3.8) is 0 Å². The maximum atomic E-state index is 12.0. The minimum absolute atomic E-state index is 0.232. The van der Waals surface area contributed by atoms with E-state index < -0.39 is 0 Å². The van der Waals surface area contributed by atoms with Crippen LogP contribution in [0.3, 0.4) is 0 Å². The van der Waals surface area contributed by atoms with Crippen LogP contribution in [-0.2, 0) is 13.0 Å². The molecule has 5 nitrogen and oxygen atoms in total. The third-order valence-corrected chi connectivity index (χ3v) is 3.01. The summed E-state index contributed by atoms with van der Waals surface area (Å²) in [6.45, 7) is 4.62. The summed E-state index contributed by atoms with van der Waals surface area (Å²) in [5.41, 5.74) is 1.31. The molecule has 0 aliphatic carbocycles. The summed E-state index contributed by atoms with van der Waals surface area (Å²) in [6, 6.07) is 9.23. The van der Waals surface area contributed by atoms with Crippen molar-refractivity contribution in [3.8, 4) is 5.75 Å². The molecular weight excluding hydrogens is 268 g/mol. The number of aromatic nitrogens is 1. The Morgan fingerprint density at radius 3 is 2.67 bits per heavy atom. The number of amides is 1. The number of benzene rings is 1. The first-order chi connectivity index (χ1) is 10.1. The van der Waals surface area contributed by atoms with Crippen molar-refractivity contribution in [3.05, 3.63) is 47.3 Å². The van der Waals surface area contributed by atoms with Crippen molar-refractivity contribution < 1.29 is 14.1 Å². The molecule has 1 aromatic carbocycles. The normalized spacial score (nSPS) is 10.7. The lowest BCUT2D eigenvalue weighted by molar-refractivity contribution is 0.0941. The summed E-state index contributed by atoms with van der Waals surface area (Å²) in [7, 11) is 1.62. The van der Waals surface area contributed by atoms with Gasteiger partial charge < -0.3 is 14.6 Å². The summed E-state index contributed by atoms with van der Waals surface area (Å²) in [4.78, 5) is 12.0. The van der Waals surface area contributed by atoms with Crippen LogP contribution in [0.4, 0.5) is 0 Å². The first-order valence-corrected chi connectivity index (χ1v) is 6.95. The first kappa shape index (κ1) is 15.1. The van der Waals surface area contributed by atoms with Gasteiger partial charge in [-0.1, -0.05) is 31.1 Å². The van der Waals surface area contributed by atoms with Crippen LogP contribution in [0.5, 0.6) is 5.75 Å². The molecule has 0 radical (unpaired) electrons. The fourth-order valence-electron chi connectivity index (χ4n) is 1.93. The Balaban J connectivity index is 1.90. The summed E-state index contributed by atoms with van der Waals surface area (Å²) in [6.07, 6.45) is 0.777. The summed E-state index contributed by atoms with van der Waals surface area (Å²) in [5.74, 6) is 1.76. The SMILES string of the molecule is COc1ccc(CNC(=O)c2cc(CC(C)C)on2)cc1. The van der Waals surface area contributed by atoms with Crippen LogP contribution in [-0.4, -0.2) is 18.2 Å². The predicted molar refractivity (Wildman–Crippen MR) is 79.2 cm³/mol. The van der Waals surface area contributed by atoms with Gasteiger partial charge in [-0.05, 0) is 23.6 Å². The van der Waals surface area contributed by atoms with Crippen LogP contribution < -0.4 is 10.1 Å². The molecule has 0 saturated heterocycles. The molecule has 0 bridgehead atoms. The van der Waals surface area contributed by atoms with Gasteiger partial charge in [0.2, 0.25) is 0 Å². The van der Waals surface area contributed by atoms with Crippen LogP contribution in [0, 0.1) is 5.92 Å². The van der Waals surface area contributed by atoms with Crippen molar-refractivity contribution in [2.75, 3.05) is 7.11 Å². The van der Waals surface area contributed by atoms with Crippen LogP contribution >= 0.6 is 0 Å². The molecule has 1 heterocycles. The second kappa shape index (κ2) is 6.92. The van der Waals surface area contributed by atoms with E-state index in [-0.39, 0.29) is 5.91 Å². The Morgan fingerprint density at radius 2 is 2.05 bits per heavy atom. The van der Waals surface area contributed by atoms with Gasteiger partial charge in [0.15, 0.2) is 5.69 Å². The van der Waals surface area contributed by atoms with E-state index in [1.54, 1.807) is 13.2 Å². The first-order valence-electron chi connectivity index (χ1n) is 6.95. The van der Waals surface area contributed by atoms with Gasteiger partial charge in [0, 0.05) is 19.0 Å². The highest BCUT2D eigenvalue weighted by Gasteiger charge is 2.13. The standard InChI is InChI=1S/C16H20N2O3/c1-11(2)8-14-9-15(18-21-14)16(19)17-10-12-4-6-13(20-3)7-5-12/h4-7,9,11H,8,10H2,1-3H3,(H,17,19). The van der Waals surface area contributed by atoms with E-state index >= 15 is 0 Å². The molecule has 112 valence electrons. The molecule has 0 aliphatic heterocycles. The summed E-state index contributed by atoms with van der Waals surface area (Å²) >= 11 is 0. The summed E-state index contributed by atoms with van der Waals surface area (Å²) < 4.78 is 10.2. The Morgan fingerprint density at radius 1 is 1.33 bits per heavy atom. The number of ether oxygens (including phenoxy) is 1. The second-order valence-electron chi connectivity index (χ2n) is 5.31. The molecule has 1 aromatic heterocycles. The molecule has 21 heavy (non-hydrogen) atoms. The minimum Gasteiger partial charge on any atom is -0.497 e. The van der Waals surface area contributed by atoms with Gasteiger partial charge >= 0.3 is 0 Å². The van der Waals surface area contributed by atoms with E-state index in [1.165, 1.54) is 0 Å². The number of rotatable bonds is 6. The number of hydrogen-bond acceptors (Lipinski definition) is 4. The van der Waals surface area contributed by atoms with Gasteiger partial charge in [-0.25, -0.2) is 0 Å². The van der Waals surface area contributed by atoms with Crippen LogP contribution in [0.2, 0.25) is 0 Å². The van der Waals surface area contributed by atoms with Crippen LogP contribution in [0.1, 0.15) is 35.7 Å². The predicted octanol–water partition coefficient (Wildman–Crippen LogP) is 2.81. The third-order valence-electron chi connectivity index (χ3n) is 3.01. The zero-order valence-electron chi connectivity index (χ0n) is 12.6. The average Bonchev–Trinajstić information content (AvgIpc) is 2.93. The van der Waals surface area contributed by atoms with E-state index in [1.807, 2.05) is 24.3 Å². The van der Waals surface area contributed by atoms with E-state index in [0.29, 0.717) is 18.2 Å². The molecule has 0 atom stereocenters. The fourth-order valence-corrected chi connectivity index (χ4v) is 1.93. The molecule has 1 amide bonds. The molecule has 0 saturated carbocycles. The maximum Gasteiger partial charge on any atom is 0.273 e. The Labute approximate surface area is 124 Å². The van der Waals surface area contributed by atoms with Crippen molar-refractivity contribution in [2.24, 2.45) is 5.92 Å². The van der Waals surface area contributed by atoms with Crippen molar-refractivity contribution in [1.82, 2.24) is 10.5 Å². The number of methoxy groups -OCH3 is 1. The van der Waals surface area contributed by atoms with Gasteiger partial charge in [-0.15, -0.1) is 0 Å². The van der Waals surface area contributed by atoms with Crippen LogP contribution in [0.15, 0.2) is 34.9 Å². The van der Waals surface area contributed by atoms with Crippen molar-refractivity contribution >= 4 is 5.91 Å². The molecule has 1 N–H and O–H groups in total. The monoisotopic (exact) mass is 288 g/mol. The molecule has 0 unspecified atom stereocenters. The lowest BCUT2D eigenvalue weighted by atomic mass is 10.1. The van der Waals surface area contributed by atoms with E-state index in [0.717, 1.165) is 23.5 Å². The second-order valence-corrected chi connectivity index (χ2v) is 5.31. The molecule has 0 spiro atoms. The number of nitrogens with one attached hydrogen (secondary N) is 1. The summed E-state index contributed by atoms with van der Waals surface area (Å²) in [5, 5.41) is 6.62. The Hall–Kier alpha value is -2.30. The highest BCUT2D eigenvalue weighted by atomic mass is 16.5. The topological polar surface area (TPSA) is 64.4 Å². The maximum absolute atomic E-state index is 12.0. The smallest absolute Gasteiger partial charge is 0.273 e. The van der Waals surface area contributed by atoms with Crippen molar-refractivity contribution in [2.45, 2.75) is 26.8 Å². The van der Waals surface area contributed by atoms with Gasteiger partial charge in [0.05, 0.1) is 7.11 Å². The molecule has 5 heteroatoms. The highest BCUT2D eigenvalue weighted by molar-refractivity contribution is 5.92. The zero-order valence-corrected chi connectivity index (χ0v) is 12.6. The quantitative estimate of drug-likeness (QED) is 0.887. The van der Waals surface area contributed by atoms with Crippen LogP contribution in [0.25, 0.3) is 0 Å². The average molecular weight is 288 g/mol. The largest absolute Gasteiger partial charge is 0.497 e. The Kier molecular flexibility index (Phi) is 4.98. The molecule has 2 rings (SSSR count). The van der Waals surface area contributed by atoms with E-state index in [9.17, 15) is 4.79 Å². The van der Waals surface area contributed by atoms with E-state index in [4.69, 9.17) is 9.26 Å². The number of hydrogen-bond donors (Lipinski definition) is 1. The number of nitrogens with zero attached hydrogens (tertiary/aromatic N) is 1. The molecular formula is C16H20N2O3. The van der Waals surface area contributed by atoms with Crippen molar-refractivity contribution in [1.29, 1.82) is 0 Å². The van der Waals surface area contributed by atoms with Gasteiger partial charge in [0.25, 0.3) is 5.91 Å². The molecule has 0 aliphatic rings. The third kappa shape index (κ3) is 4.34.